The van der Waals surface area contributed by atoms with Crippen LogP contribution in [-0.4, -0.2) is 30.6 Å². The minimum absolute atomic E-state index is 0.116. The normalized spacial score (nSPS) is 12.5. The van der Waals surface area contributed by atoms with E-state index in [1.807, 2.05) is 61.6 Å². The van der Waals surface area contributed by atoms with Crippen LogP contribution >= 0.6 is 0 Å². The molecule has 0 amide bonds. The SMILES string of the molecule is C=NC(=NC(=NCc1ccc(OC)cc1O)c1ccccc1)C(=C)/C=C\C=C/C. The predicted molar refractivity (Wildman–Crippen MR) is 121 cm³/mol. The van der Waals surface area contributed by atoms with E-state index in [9.17, 15) is 5.11 Å². The van der Waals surface area contributed by atoms with Crippen LogP contribution in [-0.2, 0) is 6.54 Å². The van der Waals surface area contributed by atoms with Gasteiger partial charge in [-0.15, -0.1) is 0 Å². The Morgan fingerprint density at radius 2 is 1.90 bits per heavy atom. The number of nitrogens with zero attached hydrogens (tertiary/aromatic N) is 3. The highest BCUT2D eigenvalue weighted by atomic mass is 16.5. The first kappa shape index (κ1) is 21.6. The lowest BCUT2D eigenvalue weighted by atomic mass is 10.1. The molecule has 2 aromatic carbocycles. The molecule has 0 aliphatic heterocycles. The summed E-state index contributed by atoms with van der Waals surface area (Å²) in [7, 11) is 1.55. The van der Waals surface area contributed by atoms with Crippen LogP contribution in [0.2, 0.25) is 0 Å². The van der Waals surface area contributed by atoms with Crippen LogP contribution < -0.4 is 4.74 Å². The number of allylic oxidation sites excluding steroid dienone is 3. The van der Waals surface area contributed by atoms with E-state index in [0.29, 0.717) is 28.6 Å². The molecule has 2 rings (SSSR count). The van der Waals surface area contributed by atoms with Crippen molar-refractivity contribution in [1.29, 1.82) is 0 Å². The molecule has 148 valence electrons. The van der Waals surface area contributed by atoms with E-state index in [-0.39, 0.29) is 12.3 Å². The van der Waals surface area contributed by atoms with Crippen LogP contribution in [0.5, 0.6) is 11.5 Å². The summed E-state index contributed by atoms with van der Waals surface area (Å²) < 4.78 is 5.12. The van der Waals surface area contributed by atoms with Gasteiger partial charge in [-0.3, -0.25) is 4.99 Å². The molecule has 2 aromatic rings. The summed E-state index contributed by atoms with van der Waals surface area (Å²) in [6, 6.07) is 14.7. The first-order valence-electron chi connectivity index (χ1n) is 9.08. The van der Waals surface area contributed by atoms with Gasteiger partial charge >= 0.3 is 0 Å². The maximum atomic E-state index is 10.2. The zero-order chi connectivity index (χ0) is 21.1. The second-order valence-electron chi connectivity index (χ2n) is 6.00. The quantitative estimate of drug-likeness (QED) is 0.406. The molecule has 0 saturated carbocycles. The van der Waals surface area contributed by atoms with Gasteiger partial charge in [0.05, 0.1) is 13.7 Å². The first-order valence-corrected chi connectivity index (χ1v) is 9.08. The number of hydrogen-bond donors (Lipinski definition) is 1. The average molecular weight is 387 g/mol. The van der Waals surface area contributed by atoms with Gasteiger partial charge in [-0.1, -0.05) is 61.2 Å². The standard InChI is InChI=1S/C24H25N3O2/c1-5-6-8-11-18(2)23(25-3)27-24(19-12-9-7-10-13-19)26-17-20-14-15-21(29-4)16-22(20)28/h5-16,28H,2-3,17H2,1,4H3/b6-5-,11-8-,26-24?,27-23?. The van der Waals surface area contributed by atoms with Crippen molar-refractivity contribution in [2.75, 3.05) is 7.11 Å². The molecule has 0 spiro atoms. The Bertz CT molecular complexity index is 971. The van der Waals surface area contributed by atoms with Crippen LogP contribution in [0.15, 0.2) is 100.0 Å². The number of aliphatic imine (C=N–C) groups is 3. The van der Waals surface area contributed by atoms with Gasteiger partial charge in [0.1, 0.15) is 11.5 Å². The molecule has 0 aromatic heterocycles. The summed E-state index contributed by atoms with van der Waals surface area (Å²) in [6.45, 7) is 9.79. The molecule has 0 atom stereocenters. The number of rotatable bonds is 7. The molecule has 29 heavy (non-hydrogen) atoms. The third kappa shape index (κ3) is 6.43. The number of benzene rings is 2. The monoisotopic (exact) mass is 387 g/mol. The van der Waals surface area contributed by atoms with Gasteiger partial charge < -0.3 is 9.84 Å². The van der Waals surface area contributed by atoms with Gasteiger partial charge in [-0.25, -0.2) is 9.98 Å². The molecule has 0 aliphatic rings. The minimum Gasteiger partial charge on any atom is -0.507 e. The number of hydrogen-bond acceptors (Lipinski definition) is 3. The van der Waals surface area contributed by atoms with Crippen molar-refractivity contribution < 1.29 is 9.84 Å². The van der Waals surface area contributed by atoms with Gasteiger partial charge in [-0.05, 0) is 25.8 Å². The Morgan fingerprint density at radius 1 is 1.14 bits per heavy atom. The average Bonchev–Trinajstić information content (AvgIpc) is 2.75. The lowest BCUT2D eigenvalue weighted by molar-refractivity contribution is 0.406. The lowest BCUT2D eigenvalue weighted by Gasteiger charge is -2.07. The van der Waals surface area contributed by atoms with E-state index < -0.39 is 0 Å². The molecular formula is C24H25N3O2. The van der Waals surface area contributed by atoms with E-state index in [4.69, 9.17) is 4.74 Å². The lowest BCUT2D eigenvalue weighted by Crippen LogP contribution is -2.05. The maximum absolute atomic E-state index is 10.2. The molecule has 0 saturated heterocycles. The number of phenolic OH excluding ortho intramolecular Hbond substituents is 1. The topological polar surface area (TPSA) is 66.5 Å². The van der Waals surface area contributed by atoms with Gasteiger partial charge in [-0.2, -0.15) is 0 Å². The molecule has 0 bridgehead atoms. The van der Waals surface area contributed by atoms with Crippen LogP contribution in [0, 0.1) is 0 Å². The minimum atomic E-state index is 0.116. The molecule has 0 fully saturated rings. The van der Waals surface area contributed by atoms with E-state index in [0.717, 1.165) is 5.56 Å². The summed E-state index contributed by atoms with van der Waals surface area (Å²) in [6.07, 6.45) is 7.48. The predicted octanol–water partition coefficient (Wildman–Crippen LogP) is 5.14. The molecule has 0 heterocycles. The molecule has 0 aliphatic carbocycles. The van der Waals surface area contributed by atoms with Crippen LogP contribution in [0.25, 0.3) is 0 Å². The molecule has 1 N–H and O–H groups in total. The van der Waals surface area contributed by atoms with E-state index in [2.05, 4.69) is 28.3 Å². The van der Waals surface area contributed by atoms with Crippen LogP contribution in [0.1, 0.15) is 18.1 Å². The Balaban J connectivity index is 2.40. The molecular weight excluding hydrogens is 362 g/mol. The summed E-state index contributed by atoms with van der Waals surface area (Å²) >= 11 is 0. The second kappa shape index (κ2) is 11.2. The molecule has 5 nitrogen and oxygen atoms in total. The Labute approximate surface area is 171 Å². The van der Waals surface area contributed by atoms with E-state index in [1.54, 1.807) is 25.3 Å². The zero-order valence-electron chi connectivity index (χ0n) is 16.7. The van der Waals surface area contributed by atoms with E-state index in [1.165, 1.54) is 0 Å². The van der Waals surface area contributed by atoms with Crippen molar-refractivity contribution in [3.05, 3.63) is 96.1 Å². The highest BCUT2D eigenvalue weighted by Gasteiger charge is 2.08. The van der Waals surface area contributed by atoms with Crippen molar-refractivity contribution in [3.8, 4) is 11.5 Å². The van der Waals surface area contributed by atoms with Crippen molar-refractivity contribution >= 4 is 18.4 Å². The maximum Gasteiger partial charge on any atom is 0.160 e. The zero-order valence-corrected chi connectivity index (χ0v) is 16.7. The third-order valence-electron chi connectivity index (χ3n) is 3.97. The third-order valence-corrected chi connectivity index (χ3v) is 3.97. The molecule has 0 radical (unpaired) electrons. The largest absolute Gasteiger partial charge is 0.507 e. The van der Waals surface area contributed by atoms with E-state index >= 15 is 0 Å². The smallest absolute Gasteiger partial charge is 0.160 e. The van der Waals surface area contributed by atoms with Gasteiger partial charge in [0.15, 0.2) is 11.7 Å². The molecule has 5 heteroatoms. The highest BCUT2D eigenvalue weighted by Crippen LogP contribution is 2.24. The summed E-state index contributed by atoms with van der Waals surface area (Å²) in [5.41, 5.74) is 2.11. The Morgan fingerprint density at radius 3 is 2.52 bits per heavy atom. The van der Waals surface area contributed by atoms with Crippen LogP contribution in [0.3, 0.4) is 0 Å². The highest BCUT2D eigenvalue weighted by molar-refractivity contribution is 6.13. The number of aromatic hydroxyl groups is 1. The summed E-state index contributed by atoms with van der Waals surface area (Å²) in [5, 5.41) is 10.2. The fourth-order valence-electron chi connectivity index (χ4n) is 2.41. The van der Waals surface area contributed by atoms with Gasteiger partial charge in [0.2, 0.25) is 0 Å². The van der Waals surface area contributed by atoms with Crippen molar-refractivity contribution in [2.24, 2.45) is 15.0 Å². The first-order chi connectivity index (χ1) is 14.1. The Hall–Kier alpha value is -3.73. The second-order valence-corrected chi connectivity index (χ2v) is 6.00. The van der Waals surface area contributed by atoms with Crippen molar-refractivity contribution in [1.82, 2.24) is 0 Å². The number of methoxy groups -OCH3 is 1. The van der Waals surface area contributed by atoms with Gasteiger partial charge in [0.25, 0.3) is 0 Å². The molecule has 0 unspecified atom stereocenters. The Kier molecular flexibility index (Phi) is 8.32. The van der Waals surface area contributed by atoms with Crippen LogP contribution in [0.4, 0.5) is 0 Å². The summed E-state index contributed by atoms with van der Waals surface area (Å²) in [5.74, 6) is 1.56. The van der Waals surface area contributed by atoms with Gasteiger partial charge in [0, 0.05) is 22.8 Å². The summed E-state index contributed by atoms with van der Waals surface area (Å²) in [4.78, 5) is 13.2. The van der Waals surface area contributed by atoms with Crippen molar-refractivity contribution in [3.63, 3.8) is 0 Å². The fourth-order valence-corrected chi connectivity index (χ4v) is 2.41. The fraction of sp³-hybridized carbons (Fsp3) is 0.125. The number of ether oxygens (including phenoxy) is 1. The number of amidine groups is 2. The number of phenols is 1. The van der Waals surface area contributed by atoms with Crippen molar-refractivity contribution in [2.45, 2.75) is 13.5 Å².